The zero-order valence-electron chi connectivity index (χ0n) is 9.51. The molecule has 0 bridgehead atoms. The number of benzene rings is 1. The van der Waals surface area contributed by atoms with Crippen LogP contribution in [0.3, 0.4) is 0 Å². The minimum absolute atomic E-state index is 0.368. The third kappa shape index (κ3) is 2.32. The molecule has 0 radical (unpaired) electrons. The fourth-order valence-corrected chi connectivity index (χ4v) is 1.85. The third-order valence-corrected chi connectivity index (χ3v) is 2.59. The van der Waals surface area contributed by atoms with Gasteiger partial charge >= 0.3 is 0 Å². The van der Waals surface area contributed by atoms with E-state index in [9.17, 15) is 5.11 Å². The molecule has 0 fully saturated rings. The number of nitrogens with two attached hydrogens (primary N) is 1. The summed E-state index contributed by atoms with van der Waals surface area (Å²) in [6, 6.07) is 1.84. The molecule has 1 aromatic rings. The van der Waals surface area contributed by atoms with E-state index in [1.807, 2.05) is 13.0 Å². The molecule has 2 heteroatoms. The van der Waals surface area contributed by atoms with Crippen molar-refractivity contribution in [2.24, 2.45) is 0 Å². The van der Waals surface area contributed by atoms with Gasteiger partial charge in [-0.3, -0.25) is 0 Å². The maximum atomic E-state index is 9.96. The predicted molar refractivity (Wildman–Crippen MR) is 65.2 cm³/mol. The highest BCUT2D eigenvalue weighted by Gasteiger charge is 2.12. The van der Waals surface area contributed by atoms with Gasteiger partial charge in [-0.1, -0.05) is 19.4 Å². The summed E-state index contributed by atoms with van der Waals surface area (Å²) in [5.41, 5.74) is 9.59. The Morgan fingerprint density at radius 3 is 2.67 bits per heavy atom. The lowest BCUT2D eigenvalue weighted by Gasteiger charge is -2.14. The third-order valence-electron chi connectivity index (χ3n) is 2.59. The van der Waals surface area contributed by atoms with Gasteiger partial charge in [0.05, 0.1) is 0 Å². The van der Waals surface area contributed by atoms with E-state index in [1.54, 1.807) is 6.08 Å². The molecule has 0 aromatic heterocycles. The molecule has 0 aliphatic carbocycles. The van der Waals surface area contributed by atoms with Gasteiger partial charge in [-0.25, -0.2) is 0 Å². The van der Waals surface area contributed by atoms with Crippen molar-refractivity contribution in [2.75, 3.05) is 5.73 Å². The number of rotatable bonds is 4. The van der Waals surface area contributed by atoms with Crippen LogP contribution in [0.2, 0.25) is 0 Å². The van der Waals surface area contributed by atoms with Crippen molar-refractivity contribution in [3.8, 4) is 5.75 Å². The first-order chi connectivity index (χ1) is 7.11. The van der Waals surface area contributed by atoms with Crippen LogP contribution in [0.15, 0.2) is 18.7 Å². The Kier molecular flexibility index (Phi) is 3.78. The van der Waals surface area contributed by atoms with Crippen LogP contribution in [-0.2, 0) is 12.8 Å². The molecule has 3 N–H and O–H groups in total. The average Bonchev–Trinajstić information content (AvgIpc) is 2.20. The second-order valence-corrected chi connectivity index (χ2v) is 3.83. The summed E-state index contributed by atoms with van der Waals surface area (Å²) in [6.07, 6.45) is 4.40. The van der Waals surface area contributed by atoms with Gasteiger partial charge in [0.15, 0.2) is 0 Å². The van der Waals surface area contributed by atoms with Crippen LogP contribution in [0, 0.1) is 6.92 Å². The maximum absolute atomic E-state index is 9.96. The van der Waals surface area contributed by atoms with E-state index >= 15 is 0 Å². The number of hydrogen-bond acceptors (Lipinski definition) is 2. The lowest BCUT2D eigenvalue weighted by atomic mass is 9.95. The van der Waals surface area contributed by atoms with Gasteiger partial charge in [-0.05, 0) is 37.0 Å². The van der Waals surface area contributed by atoms with Crippen molar-refractivity contribution >= 4 is 5.69 Å². The number of hydrogen-bond donors (Lipinski definition) is 2. The van der Waals surface area contributed by atoms with Crippen molar-refractivity contribution in [1.82, 2.24) is 0 Å². The standard InChI is InChI=1S/C13H19NO/c1-4-6-10-11(7-5-2)13(15)9(3)8-12(10)14/h5,8,15H,2,4,6-7,14H2,1,3H3. The molecule has 1 aromatic carbocycles. The molecule has 0 spiro atoms. The monoisotopic (exact) mass is 205 g/mol. The van der Waals surface area contributed by atoms with Gasteiger partial charge in [0.25, 0.3) is 0 Å². The Labute approximate surface area is 91.4 Å². The zero-order chi connectivity index (χ0) is 11.4. The molecule has 0 atom stereocenters. The van der Waals surface area contributed by atoms with Crippen molar-refractivity contribution in [2.45, 2.75) is 33.1 Å². The van der Waals surface area contributed by atoms with Crippen molar-refractivity contribution < 1.29 is 5.11 Å². The lowest BCUT2D eigenvalue weighted by Crippen LogP contribution is -2.01. The summed E-state index contributed by atoms with van der Waals surface area (Å²) in [5, 5.41) is 9.96. The van der Waals surface area contributed by atoms with Gasteiger partial charge in [0.1, 0.15) is 5.75 Å². The molecule has 2 nitrogen and oxygen atoms in total. The molecular weight excluding hydrogens is 186 g/mol. The fraction of sp³-hybridized carbons (Fsp3) is 0.385. The summed E-state index contributed by atoms with van der Waals surface area (Å²) in [7, 11) is 0. The normalized spacial score (nSPS) is 10.3. The molecule has 15 heavy (non-hydrogen) atoms. The van der Waals surface area contributed by atoms with E-state index in [1.165, 1.54) is 0 Å². The van der Waals surface area contributed by atoms with Crippen molar-refractivity contribution in [1.29, 1.82) is 0 Å². The first-order valence-electron chi connectivity index (χ1n) is 5.32. The number of phenols is 1. The van der Waals surface area contributed by atoms with Crippen LogP contribution in [0.4, 0.5) is 5.69 Å². The number of phenolic OH excluding ortho intramolecular Hbond substituents is 1. The summed E-state index contributed by atoms with van der Waals surface area (Å²) < 4.78 is 0. The zero-order valence-corrected chi connectivity index (χ0v) is 9.51. The molecular formula is C13H19NO. The highest BCUT2D eigenvalue weighted by atomic mass is 16.3. The van der Waals surface area contributed by atoms with Crippen LogP contribution < -0.4 is 5.73 Å². The van der Waals surface area contributed by atoms with E-state index < -0.39 is 0 Å². The number of aromatic hydroxyl groups is 1. The second kappa shape index (κ2) is 4.87. The Hall–Kier alpha value is -1.44. The highest BCUT2D eigenvalue weighted by Crippen LogP contribution is 2.31. The summed E-state index contributed by atoms with van der Waals surface area (Å²) >= 11 is 0. The van der Waals surface area contributed by atoms with E-state index in [4.69, 9.17) is 5.73 Å². The van der Waals surface area contributed by atoms with E-state index in [0.717, 1.165) is 35.2 Å². The van der Waals surface area contributed by atoms with E-state index in [0.29, 0.717) is 12.2 Å². The topological polar surface area (TPSA) is 46.2 Å². The Balaban J connectivity index is 3.32. The molecule has 0 saturated heterocycles. The Morgan fingerprint density at radius 2 is 2.13 bits per heavy atom. The van der Waals surface area contributed by atoms with Gasteiger partial charge in [-0.2, -0.15) is 0 Å². The van der Waals surface area contributed by atoms with Crippen LogP contribution in [0.25, 0.3) is 0 Å². The number of aryl methyl sites for hydroxylation is 1. The highest BCUT2D eigenvalue weighted by molar-refractivity contribution is 5.60. The number of allylic oxidation sites excluding steroid dienone is 1. The van der Waals surface area contributed by atoms with Crippen LogP contribution in [-0.4, -0.2) is 5.11 Å². The molecule has 0 aliphatic rings. The quantitative estimate of drug-likeness (QED) is 0.451. The van der Waals surface area contributed by atoms with Crippen LogP contribution in [0.5, 0.6) is 5.75 Å². The van der Waals surface area contributed by atoms with Crippen LogP contribution >= 0.6 is 0 Å². The lowest BCUT2D eigenvalue weighted by molar-refractivity contribution is 0.464. The van der Waals surface area contributed by atoms with Crippen molar-refractivity contribution in [3.63, 3.8) is 0 Å². The molecule has 82 valence electrons. The molecule has 0 saturated carbocycles. The summed E-state index contributed by atoms with van der Waals surface area (Å²) in [6.45, 7) is 7.68. The molecule has 0 heterocycles. The average molecular weight is 205 g/mol. The van der Waals surface area contributed by atoms with Crippen LogP contribution in [0.1, 0.15) is 30.0 Å². The molecule has 0 unspecified atom stereocenters. The van der Waals surface area contributed by atoms with Gasteiger partial charge < -0.3 is 10.8 Å². The van der Waals surface area contributed by atoms with Gasteiger partial charge in [0, 0.05) is 11.3 Å². The van der Waals surface area contributed by atoms with E-state index in [-0.39, 0.29) is 0 Å². The minimum atomic E-state index is 0.368. The SMILES string of the molecule is C=CCc1c(O)c(C)cc(N)c1CCC. The number of anilines is 1. The van der Waals surface area contributed by atoms with Crippen molar-refractivity contribution in [3.05, 3.63) is 35.4 Å². The largest absolute Gasteiger partial charge is 0.507 e. The predicted octanol–water partition coefficient (Wildman–Crippen LogP) is 2.96. The molecule has 0 aliphatic heterocycles. The molecule has 0 amide bonds. The first kappa shape index (κ1) is 11.6. The number of nitrogen functional groups attached to an aromatic ring is 1. The van der Waals surface area contributed by atoms with E-state index in [2.05, 4.69) is 13.5 Å². The second-order valence-electron chi connectivity index (χ2n) is 3.83. The van der Waals surface area contributed by atoms with Gasteiger partial charge in [0.2, 0.25) is 0 Å². The van der Waals surface area contributed by atoms with Gasteiger partial charge in [-0.15, -0.1) is 6.58 Å². The summed E-state index contributed by atoms with van der Waals surface area (Å²) in [4.78, 5) is 0. The Bertz CT molecular complexity index is 369. The Morgan fingerprint density at radius 1 is 1.47 bits per heavy atom. The summed E-state index contributed by atoms with van der Waals surface area (Å²) in [5.74, 6) is 0.368. The first-order valence-corrected chi connectivity index (χ1v) is 5.32. The maximum Gasteiger partial charge on any atom is 0.122 e. The smallest absolute Gasteiger partial charge is 0.122 e. The fourth-order valence-electron chi connectivity index (χ4n) is 1.85. The molecule has 1 rings (SSSR count). The minimum Gasteiger partial charge on any atom is -0.507 e.